The lowest BCUT2D eigenvalue weighted by Crippen LogP contribution is -2.52. The second-order valence-corrected chi connectivity index (χ2v) is 6.23. The van der Waals surface area contributed by atoms with Crippen LogP contribution in [0.15, 0.2) is 28.7 Å². The molecule has 0 N–H and O–H groups in total. The highest BCUT2D eigenvalue weighted by Gasteiger charge is 2.37. The number of halogens is 1. The number of piperidine rings is 1. The van der Waals surface area contributed by atoms with Crippen LogP contribution >= 0.6 is 0 Å². The van der Waals surface area contributed by atoms with Gasteiger partial charge < -0.3 is 4.42 Å². The van der Waals surface area contributed by atoms with E-state index in [1.807, 2.05) is 13.8 Å². The van der Waals surface area contributed by atoms with Crippen LogP contribution in [0.1, 0.15) is 43.7 Å². The third kappa shape index (κ3) is 2.60. The van der Waals surface area contributed by atoms with Gasteiger partial charge in [0.25, 0.3) is 0 Å². The molecule has 3 rings (SSSR count). The van der Waals surface area contributed by atoms with E-state index < -0.39 is 5.54 Å². The standard InChI is InChI=1S/C17H20FNO2/c1-17(2,19-8-4-3-5-9-19)16(20)15-11-12-10-13(18)6-7-14(12)21-15/h6-7,10-11H,3-5,8-9H2,1-2H3. The average molecular weight is 289 g/mol. The minimum Gasteiger partial charge on any atom is -0.453 e. The number of carbonyl (C=O) groups is 1. The number of nitrogens with zero attached hydrogens (tertiary/aromatic N) is 1. The lowest BCUT2D eigenvalue weighted by molar-refractivity contribution is 0.0553. The van der Waals surface area contributed by atoms with Crippen molar-refractivity contribution in [2.75, 3.05) is 13.1 Å². The summed E-state index contributed by atoms with van der Waals surface area (Å²) in [6, 6.07) is 5.95. The number of ketones is 1. The van der Waals surface area contributed by atoms with Crippen molar-refractivity contribution in [1.29, 1.82) is 0 Å². The molecule has 1 aliphatic rings. The first-order valence-corrected chi connectivity index (χ1v) is 7.47. The average Bonchev–Trinajstić information content (AvgIpc) is 2.90. The third-order valence-corrected chi connectivity index (χ3v) is 4.40. The van der Waals surface area contributed by atoms with Gasteiger partial charge in [-0.15, -0.1) is 0 Å². The molecule has 2 aromatic rings. The van der Waals surface area contributed by atoms with Crippen molar-refractivity contribution in [2.24, 2.45) is 0 Å². The van der Waals surface area contributed by atoms with E-state index in [2.05, 4.69) is 4.90 Å². The van der Waals surface area contributed by atoms with Crippen LogP contribution in [-0.4, -0.2) is 29.3 Å². The molecule has 0 amide bonds. The van der Waals surface area contributed by atoms with Crippen LogP contribution in [0, 0.1) is 5.82 Å². The SMILES string of the molecule is CC(C)(C(=O)c1cc2cc(F)ccc2o1)N1CCCCC1. The number of likely N-dealkylation sites (tertiary alicyclic amines) is 1. The summed E-state index contributed by atoms with van der Waals surface area (Å²) in [5.41, 5.74) is -0.0403. The van der Waals surface area contributed by atoms with Crippen molar-refractivity contribution in [3.8, 4) is 0 Å². The van der Waals surface area contributed by atoms with Gasteiger partial charge in [-0.25, -0.2) is 4.39 Å². The maximum atomic E-state index is 13.2. The molecule has 1 aliphatic heterocycles. The number of rotatable bonds is 3. The summed E-state index contributed by atoms with van der Waals surface area (Å²) >= 11 is 0. The molecular weight excluding hydrogens is 269 g/mol. The Bertz CT molecular complexity index is 668. The summed E-state index contributed by atoms with van der Waals surface area (Å²) in [5.74, 6) is -0.0511. The van der Waals surface area contributed by atoms with Crippen LogP contribution in [0.2, 0.25) is 0 Å². The van der Waals surface area contributed by atoms with Gasteiger partial charge >= 0.3 is 0 Å². The largest absolute Gasteiger partial charge is 0.453 e. The van der Waals surface area contributed by atoms with Crippen molar-refractivity contribution in [2.45, 2.75) is 38.6 Å². The Hall–Kier alpha value is -1.68. The van der Waals surface area contributed by atoms with Crippen LogP contribution < -0.4 is 0 Å². The Labute approximate surface area is 123 Å². The summed E-state index contributed by atoms with van der Waals surface area (Å²) in [4.78, 5) is 15.0. The lowest BCUT2D eigenvalue weighted by Gasteiger charge is -2.39. The van der Waals surface area contributed by atoms with Crippen molar-refractivity contribution < 1.29 is 13.6 Å². The maximum Gasteiger partial charge on any atom is 0.217 e. The van der Waals surface area contributed by atoms with Gasteiger partial charge in [0.1, 0.15) is 11.4 Å². The highest BCUT2D eigenvalue weighted by molar-refractivity contribution is 6.03. The summed E-state index contributed by atoms with van der Waals surface area (Å²) in [7, 11) is 0. The molecule has 0 spiro atoms. The van der Waals surface area contributed by atoms with E-state index in [9.17, 15) is 9.18 Å². The van der Waals surface area contributed by atoms with Gasteiger partial charge in [-0.2, -0.15) is 0 Å². The molecule has 3 nitrogen and oxygen atoms in total. The lowest BCUT2D eigenvalue weighted by atomic mass is 9.92. The van der Waals surface area contributed by atoms with E-state index in [4.69, 9.17) is 4.42 Å². The topological polar surface area (TPSA) is 33.5 Å². The molecular formula is C17H20FNO2. The van der Waals surface area contributed by atoms with Gasteiger partial charge in [-0.1, -0.05) is 6.42 Å². The minimum atomic E-state index is -0.590. The van der Waals surface area contributed by atoms with Gasteiger partial charge in [0.05, 0.1) is 5.54 Å². The molecule has 1 saturated heterocycles. The molecule has 0 bridgehead atoms. The second kappa shape index (κ2) is 5.26. The normalized spacial score (nSPS) is 17.3. The quantitative estimate of drug-likeness (QED) is 0.800. The number of furan rings is 1. The summed E-state index contributed by atoms with van der Waals surface area (Å²) in [5, 5.41) is 0.632. The Balaban J connectivity index is 1.91. The molecule has 0 atom stereocenters. The van der Waals surface area contributed by atoms with Crippen molar-refractivity contribution >= 4 is 16.8 Å². The highest BCUT2D eigenvalue weighted by Crippen LogP contribution is 2.28. The number of Topliss-reactive ketones (excluding diaryl/α,β-unsaturated/α-hetero) is 1. The van der Waals surface area contributed by atoms with E-state index in [0.29, 0.717) is 16.7 Å². The van der Waals surface area contributed by atoms with Crippen LogP contribution in [-0.2, 0) is 0 Å². The second-order valence-electron chi connectivity index (χ2n) is 6.23. The number of hydrogen-bond donors (Lipinski definition) is 0. The number of fused-ring (bicyclic) bond motifs is 1. The predicted octanol–water partition coefficient (Wildman–Crippen LogP) is 4.02. The van der Waals surface area contributed by atoms with E-state index >= 15 is 0 Å². The zero-order chi connectivity index (χ0) is 15.0. The summed E-state index contributed by atoms with van der Waals surface area (Å²) in [6.07, 6.45) is 3.48. The van der Waals surface area contributed by atoms with Crippen molar-refractivity contribution in [3.05, 3.63) is 35.8 Å². The molecule has 21 heavy (non-hydrogen) atoms. The van der Waals surface area contributed by atoms with E-state index in [-0.39, 0.29) is 11.6 Å². The minimum absolute atomic E-state index is 0.0407. The van der Waals surface area contributed by atoms with Crippen LogP contribution in [0.5, 0.6) is 0 Å². The van der Waals surface area contributed by atoms with Crippen molar-refractivity contribution in [1.82, 2.24) is 4.90 Å². The van der Waals surface area contributed by atoms with Gasteiger partial charge in [-0.3, -0.25) is 9.69 Å². The van der Waals surface area contributed by atoms with Crippen molar-refractivity contribution in [3.63, 3.8) is 0 Å². The predicted molar refractivity (Wildman–Crippen MR) is 80.0 cm³/mol. The van der Waals surface area contributed by atoms with Gasteiger partial charge in [-0.05, 0) is 64.0 Å². The number of benzene rings is 1. The van der Waals surface area contributed by atoms with E-state index in [1.54, 1.807) is 12.1 Å². The first-order chi connectivity index (χ1) is 9.98. The first kappa shape index (κ1) is 14.3. The maximum absolute atomic E-state index is 13.2. The summed E-state index contributed by atoms with van der Waals surface area (Å²) in [6.45, 7) is 5.75. The molecule has 1 aromatic heterocycles. The fourth-order valence-corrected chi connectivity index (χ4v) is 3.02. The molecule has 2 heterocycles. The molecule has 0 radical (unpaired) electrons. The van der Waals surface area contributed by atoms with Gasteiger partial charge in [0, 0.05) is 5.39 Å². The van der Waals surface area contributed by atoms with Gasteiger partial charge in [0.15, 0.2) is 5.76 Å². The molecule has 0 aliphatic carbocycles. The van der Waals surface area contributed by atoms with Gasteiger partial charge in [0.2, 0.25) is 5.78 Å². The Morgan fingerprint density at radius 1 is 1.19 bits per heavy atom. The fraction of sp³-hybridized carbons (Fsp3) is 0.471. The fourth-order valence-electron chi connectivity index (χ4n) is 3.02. The number of hydrogen-bond acceptors (Lipinski definition) is 3. The number of carbonyl (C=O) groups excluding carboxylic acids is 1. The zero-order valence-electron chi connectivity index (χ0n) is 12.5. The molecule has 1 aromatic carbocycles. The third-order valence-electron chi connectivity index (χ3n) is 4.40. The van der Waals surface area contributed by atoms with E-state index in [0.717, 1.165) is 25.9 Å². The Kier molecular flexibility index (Phi) is 3.57. The molecule has 4 heteroatoms. The van der Waals surface area contributed by atoms with E-state index in [1.165, 1.54) is 18.6 Å². The monoisotopic (exact) mass is 289 g/mol. The van der Waals surface area contributed by atoms with Crippen LogP contribution in [0.3, 0.4) is 0 Å². The summed E-state index contributed by atoms with van der Waals surface area (Å²) < 4.78 is 18.9. The first-order valence-electron chi connectivity index (χ1n) is 7.47. The Morgan fingerprint density at radius 2 is 1.90 bits per heavy atom. The zero-order valence-corrected chi connectivity index (χ0v) is 12.5. The smallest absolute Gasteiger partial charge is 0.217 e. The van der Waals surface area contributed by atoms with Crippen LogP contribution in [0.25, 0.3) is 11.0 Å². The Morgan fingerprint density at radius 3 is 2.62 bits per heavy atom. The molecule has 0 unspecified atom stereocenters. The molecule has 1 fully saturated rings. The molecule has 0 saturated carbocycles. The molecule has 112 valence electrons. The highest BCUT2D eigenvalue weighted by atomic mass is 19.1. The van der Waals surface area contributed by atoms with Crippen LogP contribution in [0.4, 0.5) is 4.39 Å².